The van der Waals surface area contributed by atoms with Gasteiger partial charge in [-0.15, -0.1) is 0 Å². The van der Waals surface area contributed by atoms with E-state index in [9.17, 15) is 4.79 Å². The first-order chi connectivity index (χ1) is 6.62. The summed E-state index contributed by atoms with van der Waals surface area (Å²) in [6, 6.07) is -0.0483. The van der Waals surface area contributed by atoms with Crippen molar-refractivity contribution >= 4 is 6.03 Å². The molecule has 0 radical (unpaired) electrons. The highest BCUT2D eigenvalue weighted by Crippen LogP contribution is 2.64. The van der Waals surface area contributed by atoms with Gasteiger partial charge in [0.05, 0.1) is 0 Å². The molecule has 4 heteroatoms. The zero-order valence-electron chi connectivity index (χ0n) is 9.04. The molecule has 0 bridgehead atoms. The third kappa shape index (κ3) is 1.21. The average molecular weight is 198 g/mol. The Morgan fingerprint density at radius 1 is 1.50 bits per heavy atom. The van der Waals surface area contributed by atoms with Crippen molar-refractivity contribution in [3.63, 3.8) is 0 Å². The molecule has 4 nitrogen and oxygen atoms in total. The minimum absolute atomic E-state index is 0.0483. The lowest BCUT2D eigenvalue weighted by Gasteiger charge is -2.21. The lowest BCUT2D eigenvalue weighted by Crippen LogP contribution is -2.46. The maximum absolute atomic E-state index is 11.5. The van der Waals surface area contributed by atoms with Crippen LogP contribution in [0.15, 0.2) is 0 Å². The number of fused-ring (bicyclic) bond motifs is 1. The molecule has 80 valence electrons. The van der Waals surface area contributed by atoms with Crippen LogP contribution in [0.4, 0.5) is 4.79 Å². The van der Waals surface area contributed by atoms with Crippen molar-refractivity contribution in [2.24, 2.45) is 11.8 Å². The van der Waals surface area contributed by atoms with Gasteiger partial charge < -0.3 is 15.0 Å². The molecule has 0 spiro atoms. The Morgan fingerprint density at radius 2 is 2.07 bits per heavy atom. The second-order valence-corrected chi connectivity index (χ2v) is 4.34. The summed E-state index contributed by atoms with van der Waals surface area (Å²) in [6.45, 7) is 2.64. The van der Waals surface area contributed by atoms with Gasteiger partial charge in [-0.2, -0.15) is 0 Å². The first-order valence-electron chi connectivity index (χ1n) is 5.25. The van der Waals surface area contributed by atoms with E-state index in [0.29, 0.717) is 18.4 Å². The second kappa shape index (κ2) is 3.12. The molecule has 2 saturated carbocycles. The maximum atomic E-state index is 11.5. The fraction of sp³-hybridized carbons (Fsp3) is 0.900. The third-order valence-corrected chi connectivity index (χ3v) is 3.36. The number of rotatable bonds is 3. The molecule has 1 N–H and O–H groups in total. The van der Waals surface area contributed by atoms with E-state index in [-0.39, 0.29) is 11.8 Å². The summed E-state index contributed by atoms with van der Waals surface area (Å²) >= 11 is 0. The van der Waals surface area contributed by atoms with E-state index in [4.69, 9.17) is 4.74 Å². The van der Waals surface area contributed by atoms with Gasteiger partial charge in [0.2, 0.25) is 0 Å². The van der Waals surface area contributed by atoms with Crippen molar-refractivity contribution in [1.29, 1.82) is 0 Å². The van der Waals surface area contributed by atoms with Crippen LogP contribution in [0.1, 0.15) is 19.8 Å². The smallest absolute Gasteiger partial charge is 0.319 e. The number of hydrogen-bond donors (Lipinski definition) is 1. The molecule has 2 rings (SSSR count). The van der Waals surface area contributed by atoms with Crippen LogP contribution >= 0.6 is 0 Å². The predicted octanol–water partition coefficient (Wildman–Crippen LogP) is 1.03. The van der Waals surface area contributed by atoms with Crippen LogP contribution in [0, 0.1) is 11.8 Å². The summed E-state index contributed by atoms with van der Waals surface area (Å²) in [5.74, 6) is 1.15. The minimum Gasteiger partial charge on any atom is -0.355 e. The van der Waals surface area contributed by atoms with Gasteiger partial charge in [0.1, 0.15) is 5.72 Å². The number of ether oxygens (including phenoxy) is 1. The van der Waals surface area contributed by atoms with Gasteiger partial charge in [-0.1, -0.05) is 0 Å². The normalized spacial score (nSPS) is 38.2. The van der Waals surface area contributed by atoms with Gasteiger partial charge in [0.15, 0.2) is 0 Å². The fourth-order valence-electron chi connectivity index (χ4n) is 2.39. The molecule has 2 aliphatic carbocycles. The van der Waals surface area contributed by atoms with Crippen LogP contribution in [-0.4, -0.2) is 37.4 Å². The van der Waals surface area contributed by atoms with Gasteiger partial charge in [-0.05, 0) is 19.8 Å². The van der Waals surface area contributed by atoms with Gasteiger partial charge in [-0.3, -0.25) is 0 Å². The number of carbonyl (C=O) groups is 1. The van der Waals surface area contributed by atoms with Crippen LogP contribution < -0.4 is 5.32 Å². The number of carbonyl (C=O) groups excluding carboxylic acids is 1. The van der Waals surface area contributed by atoms with Crippen molar-refractivity contribution in [3.05, 3.63) is 0 Å². The number of hydrogen-bond acceptors (Lipinski definition) is 2. The highest BCUT2D eigenvalue weighted by molar-refractivity contribution is 5.75. The molecule has 3 atom stereocenters. The molecule has 1 unspecified atom stereocenters. The van der Waals surface area contributed by atoms with E-state index in [1.807, 2.05) is 6.92 Å². The van der Waals surface area contributed by atoms with Crippen molar-refractivity contribution in [3.8, 4) is 0 Å². The molecule has 2 amide bonds. The highest BCUT2D eigenvalue weighted by atomic mass is 16.5. The Bertz CT molecular complexity index is 243. The monoisotopic (exact) mass is 198 g/mol. The first kappa shape index (κ1) is 9.77. The fourth-order valence-corrected chi connectivity index (χ4v) is 2.39. The molecule has 0 aromatic rings. The summed E-state index contributed by atoms with van der Waals surface area (Å²) in [7, 11) is 3.50. The van der Waals surface area contributed by atoms with Crippen LogP contribution in [0.25, 0.3) is 0 Å². The Labute approximate surface area is 84.6 Å². The number of amides is 2. The summed E-state index contributed by atoms with van der Waals surface area (Å²) in [6.07, 6.45) is 2.39. The molecule has 14 heavy (non-hydrogen) atoms. The topological polar surface area (TPSA) is 41.6 Å². The van der Waals surface area contributed by atoms with E-state index in [1.54, 1.807) is 19.0 Å². The van der Waals surface area contributed by atoms with Crippen molar-refractivity contribution in [1.82, 2.24) is 10.2 Å². The highest BCUT2D eigenvalue weighted by Gasteiger charge is 2.71. The second-order valence-electron chi connectivity index (χ2n) is 4.34. The van der Waals surface area contributed by atoms with E-state index in [0.717, 1.165) is 0 Å². The van der Waals surface area contributed by atoms with Crippen LogP contribution in [0.3, 0.4) is 0 Å². The summed E-state index contributed by atoms with van der Waals surface area (Å²) < 4.78 is 5.69. The largest absolute Gasteiger partial charge is 0.355 e. The van der Waals surface area contributed by atoms with E-state index < -0.39 is 0 Å². The summed E-state index contributed by atoms with van der Waals surface area (Å²) in [5, 5.41) is 2.99. The van der Waals surface area contributed by atoms with Gasteiger partial charge in [0.25, 0.3) is 0 Å². The van der Waals surface area contributed by atoms with Crippen LogP contribution in [0.5, 0.6) is 0 Å². The zero-order chi connectivity index (χ0) is 10.3. The van der Waals surface area contributed by atoms with Crippen molar-refractivity contribution in [2.45, 2.75) is 25.5 Å². The third-order valence-electron chi connectivity index (χ3n) is 3.36. The first-order valence-corrected chi connectivity index (χ1v) is 5.25. The molecular formula is C10H18N2O2. The summed E-state index contributed by atoms with van der Waals surface area (Å²) in [5.41, 5.74) is -0.309. The SMILES string of the molecule is CCOC1(NC(=O)N(C)C)[C@@H]2CC[C@@H]21. The Kier molecular flexibility index (Phi) is 2.18. The number of nitrogens with one attached hydrogen (secondary N) is 1. The average Bonchev–Trinajstić information content (AvgIpc) is 2.44. The van der Waals surface area contributed by atoms with Gasteiger partial charge in [-0.25, -0.2) is 4.79 Å². The number of urea groups is 1. The molecule has 2 fully saturated rings. The maximum Gasteiger partial charge on any atom is 0.319 e. The Balaban J connectivity index is 1.97. The summed E-state index contributed by atoms with van der Waals surface area (Å²) in [4.78, 5) is 13.1. The lowest BCUT2D eigenvalue weighted by atomic mass is 10.0. The van der Waals surface area contributed by atoms with Crippen LogP contribution in [0.2, 0.25) is 0 Å². The predicted molar refractivity (Wildman–Crippen MR) is 52.8 cm³/mol. The zero-order valence-corrected chi connectivity index (χ0v) is 9.04. The van der Waals surface area contributed by atoms with E-state index in [2.05, 4.69) is 5.32 Å². The molecule has 0 saturated heterocycles. The molecule has 0 aliphatic heterocycles. The van der Waals surface area contributed by atoms with Gasteiger partial charge in [0, 0.05) is 32.5 Å². The quantitative estimate of drug-likeness (QED) is 0.688. The molecule has 0 heterocycles. The molecule has 0 aromatic heterocycles. The molecular weight excluding hydrogens is 180 g/mol. The Hall–Kier alpha value is -0.770. The van der Waals surface area contributed by atoms with E-state index >= 15 is 0 Å². The lowest BCUT2D eigenvalue weighted by molar-refractivity contribution is 0.00797. The van der Waals surface area contributed by atoms with Gasteiger partial charge >= 0.3 is 6.03 Å². The number of nitrogens with zero attached hydrogens (tertiary/aromatic N) is 1. The minimum atomic E-state index is -0.309. The molecule has 2 aliphatic rings. The van der Waals surface area contributed by atoms with Crippen molar-refractivity contribution < 1.29 is 9.53 Å². The van der Waals surface area contributed by atoms with E-state index in [1.165, 1.54) is 12.8 Å². The van der Waals surface area contributed by atoms with Crippen molar-refractivity contribution in [2.75, 3.05) is 20.7 Å². The standard InChI is InChI=1S/C10H18N2O2/c1-4-14-10(7-5-6-8(7)10)11-9(13)12(2)3/h7-8H,4-6H2,1-3H3,(H,11,13)/t7-,8+,10?. The molecule has 0 aromatic carbocycles. The Morgan fingerprint density at radius 3 is 2.43 bits per heavy atom. The van der Waals surface area contributed by atoms with Crippen LogP contribution in [-0.2, 0) is 4.74 Å².